The molecule has 3 nitrogen and oxygen atoms in total. The van der Waals surface area contributed by atoms with Crippen molar-refractivity contribution >= 4 is 33.4 Å². The fourth-order valence-corrected chi connectivity index (χ4v) is 2.40. The molecular weight excluding hydrogens is 342 g/mol. The molecule has 1 aromatic rings. The van der Waals surface area contributed by atoms with E-state index in [9.17, 15) is 4.79 Å². The molecule has 0 radical (unpaired) electrons. The van der Waals surface area contributed by atoms with Crippen LogP contribution in [0.15, 0.2) is 22.7 Å². The summed E-state index contributed by atoms with van der Waals surface area (Å²) in [6, 6.07) is 5.17. The number of amides is 1. The summed E-state index contributed by atoms with van der Waals surface area (Å²) in [7, 11) is 0. The predicted octanol–water partition coefficient (Wildman–Crippen LogP) is 4.12. The van der Waals surface area contributed by atoms with Gasteiger partial charge in [-0.25, -0.2) is 0 Å². The van der Waals surface area contributed by atoms with Gasteiger partial charge < -0.3 is 10.0 Å². The van der Waals surface area contributed by atoms with E-state index < -0.39 is 0 Å². The van der Waals surface area contributed by atoms with Gasteiger partial charge in [-0.05, 0) is 40.5 Å². The number of hydrogen-bond acceptors (Lipinski definition) is 2. The van der Waals surface area contributed by atoms with E-state index in [4.69, 9.17) is 16.7 Å². The quantitative estimate of drug-likeness (QED) is 0.707. The maximum absolute atomic E-state index is 12.4. The van der Waals surface area contributed by atoms with Crippen molar-refractivity contribution < 1.29 is 9.90 Å². The summed E-state index contributed by atoms with van der Waals surface area (Å²) in [5, 5.41) is 9.63. The van der Waals surface area contributed by atoms with Crippen LogP contribution in [-0.2, 0) is 0 Å². The molecule has 0 spiro atoms. The first-order valence-electron chi connectivity index (χ1n) is 6.95. The van der Waals surface area contributed by atoms with E-state index in [1.807, 2.05) is 0 Å². The van der Waals surface area contributed by atoms with E-state index in [1.54, 1.807) is 23.1 Å². The van der Waals surface area contributed by atoms with Crippen LogP contribution < -0.4 is 0 Å². The minimum atomic E-state index is -0.0788. The van der Waals surface area contributed by atoms with Crippen LogP contribution >= 0.6 is 27.5 Å². The molecule has 0 saturated heterocycles. The number of nitrogens with zero attached hydrogens (tertiary/aromatic N) is 1. The molecule has 0 saturated carbocycles. The smallest absolute Gasteiger partial charge is 0.253 e. The second-order valence-corrected chi connectivity index (χ2v) is 5.97. The number of unbranched alkanes of at least 4 members (excludes halogenated alkanes) is 3. The highest BCUT2D eigenvalue weighted by Gasteiger charge is 2.15. The second-order valence-electron chi connectivity index (χ2n) is 4.71. The normalized spacial score (nSPS) is 10.6. The number of hydrogen-bond donors (Lipinski definition) is 1. The van der Waals surface area contributed by atoms with Crippen LogP contribution in [0.25, 0.3) is 0 Å². The van der Waals surface area contributed by atoms with Crippen molar-refractivity contribution in [3.8, 4) is 0 Å². The summed E-state index contributed by atoms with van der Waals surface area (Å²) in [5.41, 5.74) is 0.558. The Balaban J connectivity index is 2.69. The van der Waals surface area contributed by atoms with Crippen molar-refractivity contribution in [3.05, 3.63) is 33.3 Å². The molecule has 112 valence electrons. The van der Waals surface area contributed by atoms with E-state index in [0.29, 0.717) is 23.7 Å². The predicted molar refractivity (Wildman–Crippen MR) is 86.3 cm³/mol. The Labute approximate surface area is 134 Å². The van der Waals surface area contributed by atoms with E-state index in [0.717, 1.165) is 23.7 Å². The maximum Gasteiger partial charge on any atom is 0.253 e. The van der Waals surface area contributed by atoms with E-state index in [-0.39, 0.29) is 12.5 Å². The van der Waals surface area contributed by atoms with E-state index >= 15 is 0 Å². The van der Waals surface area contributed by atoms with Crippen molar-refractivity contribution in [1.82, 2.24) is 4.90 Å². The first kappa shape index (κ1) is 17.5. The van der Waals surface area contributed by atoms with Crippen LogP contribution in [0.4, 0.5) is 0 Å². The second kappa shape index (κ2) is 9.37. The number of aliphatic hydroxyl groups is 1. The van der Waals surface area contributed by atoms with Gasteiger partial charge in [0.15, 0.2) is 0 Å². The van der Waals surface area contributed by atoms with Gasteiger partial charge in [-0.3, -0.25) is 4.79 Å². The molecule has 0 atom stereocenters. The average Bonchev–Trinajstić information content (AvgIpc) is 2.44. The Morgan fingerprint density at radius 2 is 2.05 bits per heavy atom. The SMILES string of the molecule is CCCCCCN(CCO)C(=O)c1ccc(Br)c(Cl)c1. The number of carbonyl (C=O) groups excluding carboxylic acids is 1. The monoisotopic (exact) mass is 361 g/mol. The number of aliphatic hydroxyl groups excluding tert-OH is 1. The third kappa shape index (κ3) is 5.43. The van der Waals surface area contributed by atoms with Crippen LogP contribution in [0.2, 0.25) is 5.02 Å². The summed E-state index contributed by atoms with van der Waals surface area (Å²) in [4.78, 5) is 14.1. The molecule has 0 aliphatic carbocycles. The van der Waals surface area contributed by atoms with Gasteiger partial charge in [0.05, 0.1) is 11.6 Å². The van der Waals surface area contributed by atoms with Gasteiger partial charge in [-0.1, -0.05) is 37.8 Å². The molecule has 1 N–H and O–H groups in total. The standard InChI is InChI=1S/C15H21BrClNO2/c1-2-3-4-5-8-18(9-10-19)15(20)12-6-7-13(16)14(17)11-12/h6-7,11,19H,2-5,8-10H2,1H3. The lowest BCUT2D eigenvalue weighted by molar-refractivity contribution is 0.0718. The van der Waals surface area contributed by atoms with Gasteiger partial charge in [0.25, 0.3) is 5.91 Å². The van der Waals surface area contributed by atoms with Crippen molar-refractivity contribution in [3.63, 3.8) is 0 Å². The molecule has 0 heterocycles. The molecule has 0 bridgehead atoms. The van der Waals surface area contributed by atoms with Crippen LogP contribution in [-0.4, -0.2) is 35.6 Å². The fourth-order valence-electron chi connectivity index (χ4n) is 1.98. The molecule has 0 aromatic heterocycles. The summed E-state index contributed by atoms with van der Waals surface area (Å²) in [5.74, 6) is -0.0788. The highest BCUT2D eigenvalue weighted by Crippen LogP contribution is 2.23. The Morgan fingerprint density at radius 3 is 2.65 bits per heavy atom. The third-order valence-electron chi connectivity index (χ3n) is 3.11. The average molecular weight is 363 g/mol. The first-order valence-corrected chi connectivity index (χ1v) is 8.12. The van der Waals surface area contributed by atoms with Gasteiger partial charge in [0.2, 0.25) is 0 Å². The van der Waals surface area contributed by atoms with Crippen LogP contribution in [0.3, 0.4) is 0 Å². The lowest BCUT2D eigenvalue weighted by atomic mass is 10.1. The van der Waals surface area contributed by atoms with Crippen LogP contribution in [0, 0.1) is 0 Å². The van der Waals surface area contributed by atoms with Crippen molar-refractivity contribution in [1.29, 1.82) is 0 Å². The third-order valence-corrected chi connectivity index (χ3v) is 4.34. The van der Waals surface area contributed by atoms with E-state index in [2.05, 4.69) is 22.9 Å². The Hall–Kier alpha value is -0.580. The van der Waals surface area contributed by atoms with Gasteiger partial charge in [-0.2, -0.15) is 0 Å². The van der Waals surface area contributed by atoms with Gasteiger partial charge in [-0.15, -0.1) is 0 Å². The molecule has 0 fully saturated rings. The first-order chi connectivity index (χ1) is 9.60. The summed E-state index contributed by atoms with van der Waals surface area (Å²) < 4.78 is 0.771. The zero-order chi connectivity index (χ0) is 15.0. The largest absolute Gasteiger partial charge is 0.395 e. The molecule has 1 rings (SSSR count). The number of halogens is 2. The molecule has 20 heavy (non-hydrogen) atoms. The minimum Gasteiger partial charge on any atom is -0.395 e. The molecule has 0 unspecified atom stereocenters. The summed E-state index contributed by atoms with van der Waals surface area (Å²) in [6.07, 6.45) is 4.40. The molecule has 0 aliphatic rings. The zero-order valence-electron chi connectivity index (χ0n) is 11.7. The van der Waals surface area contributed by atoms with Crippen LogP contribution in [0.5, 0.6) is 0 Å². The van der Waals surface area contributed by atoms with Gasteiger partial charge >= 0.3 is 0 Å². The van der Waals surface area contributed by atoms with Crippen molar-refractivity contribution in [2.45, 2.75) is 32.6 Å². The highest BCUT2D eigenvalue weighted by atomic mass is 79.9. The number of carbonyl (C=O) groups is 1. The Kier molecular flexibility index (Phi) is 8.19. The Bertz CT molecular complexity index is 440. The molecule has 1 aromatic carbocycles. The summed E-state index contributed by atoms with van der Waals surface area (Å²) in [6.45, 7) is 3.16. The van der Waals surface area contributed by atoms with Crippen molar-refractivity contribution in [2.24, 2.45) is 0 Å². The zero-order valence-corrected chi connectivity index (χ0v) is 14.1. The summed E-state index contributed by atoms with van der Waals surface area (Å²) >= 11 is 9.33. The fraction of sp³-hybridized carbons (Fsp3) is 0.533. The maximum atomic E-state index is 12.4. The molecule has 1 amide bonds. The molecule has 0 aliphatic heterocycles. The van der Waals surface area contributed by atoms with Crippen molar-refractivity contribution in [2.75, 3.05) is 19.7 Å². The van der Waals surface area contributed by atoms with Gasteiger partial charge in [0, 0.05) is 23.1 Å². The number of benzene rings is 1. The number of rotatable bonds is 8. The lowest BCUT2D eigenvalue weighted by Crippen LogP contribution is -2.34. The van der Waals surface area contributed by atoms with Gasteiger partial charge in [0.1, 0.15) is 0 Å². The Morgan fingerprint density at radius 1 is 1.30 bits per heavy atom. The lowest BCUT2D eigenvalue weighted by Gasteiger charge is -2.22. The van der Waals surface area contributed by atoms with Crippen LogP contribution in [0.1, 0.15) is 43.0 Å². The van der Waals surface area contributed by atoms with E-state index in [1.165, 1.54) is 6.42 Å². The highest BCUT2D eigenvalue weighted by molar-refractivity contribution is 9.10. The molecular formula is C15H21BrClNO2. The molecule has 5 heteroatoms. The topological polar surface area (TPSA) is 40.5 Å². The minimum absolute atomic E-state index is 0.0240.